The number of carbonyl (C=O) groups is 2. The van der Waals surface area contributed by atoms with Crippen molar-refractivity contribution < 1.29 is 9.59 Å². The van der Waals surface area contributed by atoms with Gasteiger partial charge in [-0.1, -0.05) is 12.8 Å². The highest BCUT2D eigenvalue weighted by atomic mass is 16.2. The molecule has 0 aromatic rings. The van der Waals surface area contributed by atoms with Crippen molar-refractivity contribution in [2.24, 2.45) is 5.92 Å². The molecule has 2 unspecified atom stereocenters. The summed E-state index contributed by atoms with van der Waals surface area (Å²) in [4.78, 5) is 28.6. The van der Waals surface area contributed by atoms with E-state index in [1.54, 1.807) is 4.90 Å². The van der Waals surface area contributed by atoms with Gasteiger partial charge in [0.25, 0.3) is 0 Å². The Kier molecular flexibility index (Phi) is 4.24. The zero-order valence-corrected chi connectivity index (χ0v) is 12.1. The monoisotopic (exact) mass is 279 g/mol. The number of piperidine rings is 1. The van der Waals surface area contributed by atoms with Crippen LogP contribution in [0.3, 0.4) is 0 Å². The minimum atomic E-state index is -0.280. The Balaban J connectivity index is 1.66. The minimum absolute atomic E-state index is 0.247. The highest BCUT2D eigenvalue weighted by Gasteiger charge is 2.39. The van der Waals surface area contributed by atoms with Gasteiger partial charge in [-0.05, 0) is 31.6 Å². The summed E-state index contributed by atoms with van der Waals surface area (Å²) >= 11 is 0. The Labute approximate surface area is 120 Å². The molecular formula is C15H25N3O2. The number of carbonyl (C=O) groups excluding carboxylic acids is 2. The summed E-state index contributed by atoms with van der Waals surface area (Å²) in [7, 11) is 0. The van der Waals surface area contributed by atoms with Gasteiger partial charge in [0, 0.05) is 38.8 Å². The van der Waals surface area contributed by atoms with Gasteiger partial charge in [-0.25, -0.2) is 0 Å². The lowest BCUT2D eigenvalue weighted by atomic mass is 9.78. The predicted octanol–water partition coefficient (Wildman–Crippen LogP) is 0.599. The van der Waals surface area contributed by atoms with Crippen molar-refractivity contribution in [3.8, 4) is 0 Å². The molecule has 1 aliphatic carbocycles. The van der Waals surface area contributed by atoms with Crippen LogP contribution in [-0.4, -0.2) is 60.4 Å². The topological polar surface area (TPSA) is 52.7 Å². The van der Waals surface area contributed by atoms with Crippen LogP contribution in [0.25, 0.3) is 0 Å². The van der Waals surface area contributed by atoms with Crippen molar-refractivity contribution >= 4 is 11.8 Å². The van der Waals surface area contributed by atoms with E-state index >= 15 is 0 Å². The third kappa shape index (κ3) is 2.68. The third-order valence-corrected chi connectivity index (χ3v) is 5.09. The van der Waals surface area contributed by atoms with Crippen molar-refractivity contribution in [2.75, 3.05) is 32.7 Å². The lowest BCUT2D eigenvalue weighted by molar-refractivity contribution is -0.156. The second kappa shape index (κ2) is 6.12. The van der Waals surface area contributed by atoms with Gasteiger partial charge in [0.2, 0.25) is 0 Å². The van der Waals surface area contributed by atoms with Crippen LogP contribution in [0.15, 0.2) is 0 Å². The summed E-state index contributed by atoms with van der Waals surface area (Å²) in [5, 5.41) is 3.21. The highest BCUT2D eigenvalue weighted by Crippen LogP contribution is 2.35. The fraction of sp³-hybridized carbons (Fsp3) is 0.867. The Morgan fingerprint density at radius 2 is 1.55 bits per heavy atom. The molecule has 3 rings (SSSR count). The summed E-state index contributed by atoms with van der Waals surface area (Å²) in [6.45, 7) is 3.69. The first-order valence-corrected chi connectivity index (χ1v) is 8.08. The van der Waals surface area contributed by atoms with E-state index < -0.39 is 0 Å². The molecule has 0 aromatic carbocycles. The van der Waals surface area contributed by atoms with Crippen molar-refractivity contribution in [1.29, 1.82) is 0 Å². The molecule has 5 nitrogen and oxygen atoms in total. The van der Waals surface area contributed by atoms with E-state index in [2.05, 4.69) is 5.32 Å². The van der Waals surface area contributed by atoms with Gasteiger partial charge >= 0.3 is 11.8 Å². The van der Waals surface area contributed by atoms with E-state index in [9.17, 15) is 9.59 Å². The largest absolute Gasteiger partial charge is 0.332 e. The lowest BCUT2D eigenvalue weighted by Crippen LogP contribution is -2.57. The first kappa shape index (κ1) is 13.9. The fourth-order valence-corrected chi connectivity index (χ4v) is 4.00. The van der Waals surface area contributed by atoms with Crippen molar-refractivity contribution in [3.63, 3.8) is 0 Å². The van der Waals surface area contributed by atoms with Crippen LogP contribution in [0.2, 0.25) is 0 Å². The number of hydrogen-bond acceptors (Lipinski definition) is 3. The number of nitrogens with zero attached hydrogens (tertiary/aromatic N) is 2. The molecule has 3 aliphatic rings. The van der Waals surface area contributed by atoms with Gasteiger partial charge in [-0.3, -0.25) is 9.59 Å². The zero-order valence-electron chi connectivity index (χ0n) is 12.1. The van der Waals surface area contributed by atoms with Crippen molar-refractivity contribution in [1.82, 2.24) is 15.1 Å². The third-order valence-electron chi connectivity index (χ3n) is 5.09. The number of rotatable bonds is 0. The van der Waals surface area contributed by atoms with Gasteiger partial charge in [0.1, 0.15) is 0 Å². The van der Waals surface area contributed by atoms with E-state index in [0.29, 0.717) is 25.0 Å². The van der Waals surface area contributed by atoms with Crippen molar-refractivity contribution in [3.05, 3.63) is 0 Å². The zero-order chi connectivity index (χ0) is 13.9. The van der Waals surface area contributed by atoms with Gasteiger partial charge in [-0.15, -0.1) is 0 Å². The maximum absolute atomic E-state index is 12.6. The van der Waals surface area contributed by atoms with Gasteiger partial charge in [0.15, 0.2) is 0 Å². The Morgan fingerprint density at radius 1 is 0.850 bits per heavy atom. The van der Waals surface area contributed by atoms with E-state index in [1.165, 1.54) is 25.7 Å². The van der Waals surface area contributed by atoms with Gasteiger partial charge < -0.3 is 15.1 Å². The smallest absolute Gasteiger partial charge is 0.312 e. The number of piperazine rings is 1. The summed E-state index contributed by atoms with van der Waals surface area (Å²) in [5.74, 6) is 0.110. The number of amides is 2. The van der Waals surface area contributed by atoms with E-state index in [4.69, 9.17) is 0 Å². The molecule has 5 heteroatoms. The Bertz CT molecular complexity index is 377. The maximum atomic E-state index is 12.6. The average molecular weight is 279 g/mol. The molecule has 1 saturated carbocycles. The van der Waals surface area contributed by atoms with Crippen LogP contribution in [0.1, 0.15) is 38.5 Å². The van der Waals surface area contributed by atoms with Gasteiger partial charge in [0.05, 0.1) is 0 Å². The molecule has 1 N–H and O–H groups in total. The predicted molar refractivity (Wildman–Crippen MR) is 76.1 cm³/mol. The van der Waals surface area contributed by atoms with Crippen LogP contribution >= 0.6 is 0 Å². The fourth-order valence-electron chi connectivity index (χ4n) is 4.00. The summed E-state index contributed by atoms with van der Waals surface area (Å²) in [6, 6.07) is 0.330. The number of nitrogens with one attached hydrogen (secondary N) is 1. The van der Waals surface area contributed by atoms with Gasteiger partial charge in [-0.2, -0.15) is 0 Å². The quantitative estimate of drug-likeness (QED) is 0.661. The van der Waals surface area contributed by atoms with Crippen molar-refractivity contribution in [2.45, 2.75) is 44.6 Å². The number of fused-ring (bicyclic) bond motifs is 1. The molecular weight excluding hydrogens is 254 g/mol. The highest BCUT2D eigenvalue weighted by molar-refractivity contribution is 6.35. The molecule has 0 spiro atoms. The molecule has 2 saturated heterocycles. The standard InChI is InChI=1S/C15H25N3O2/c19-14(17-10-7-16-8-11-17)15(20)18-9-3-5-12-4-1-2-6-13(12)18/h12-13,16H,1-11H2. The second-order valence-corrected chi connectivity index (χ2v) is 6.29. The second-order valence-electron chi connectivity index (χ2n) is 6.29. The molecule has 2 atom stereocenters. The van der Waals surface area contributed by atoms with Crippen LogP contribution in [0.5, 0.6) is 0 Å². The molecule has 0 bridgehead atoms. The maximum Gasteiger partial charge on any atom is 0.312 e. The van der Waals surface area contributed by atoms with Crippen LogP contribution in [-0.2, 0) is 9.59 Å². The molecule has 2 amide bonds. The average Bonchev–Trinajstić information content (AvgIpc) is 2.54. The van der Waals surface area contributed by atoms with E-state index in [0.717, 1.165) is 32.5 Å². The Hall–Kier alpha value is -1.10. The Morgan fingerprint density at radius 3 is 2.35 bits per heavy atom. The number of likely N-dealkylation sites (tertiary alicyclic amines) is 1. The van der Waals surface area contributed by atoms with Crippen LogP contribution in [0.4, 0.5) is 0 Å². The molecule has 0 aromatic heterocycles. The normalized spacial score (nSPS) is 30.8. The van der Waals surface area contributed by atoms with Crippen LogP contribution in [0, 0.1) is 5.92 Å². The van der Waals surface area contributed by atoms with E-state index in [-0.39, 0.29) is 11.8 Å². The molecule has 2 heterocycles. The summed E-state index contributed by atoms with van der Waals surface area (Å²) in [6.07, 6.45) is 7.10. The summed E-state index contributed by atoms with van der Waals surface area (Å²) in [5.41, 5.74) is 0. The van der Waals surface area contributed by atoms with Crippen LogP contribution < -0.4 is 5.32 Å². The number of hydrogen-bond donors (Lipinski definition) is 1. The lowest BCUT2D eigenvalue weighted by Gasteiger charge is -2.44. The first-order valence-electron chi connectivity index (χ1n) is 8.08. The molecule has 3 fully saturated rings. The van der Waals surface area contributed by atoms with E-state index in [1.807, 2.05) is 4.90 Å². The summed E-state index contributed by atoms with van der Waals surface area (Å²) < 4.78 is 0. The SMILES string of the molecule is O=C(C(=O)N1CCCC2CCCCC21)N1CCNCC1. The molecule has 0 radical (unpaired) electrons. The minimum Gasteiger partial charge on any atom is -0.332 e. The molecule has 20 heavy (non-hydrogen) atoms. The molecule has 112 valence electrons. The first-order chi connectivity index (χ1) is 9.77. The molecule has 2 aliphatic heterocycles.